The topological polar surface area (TPSA) is 41.5 Å². The molecule has 0 unspecified atom stereocenters. The Hall–Kier alpha value is -1.68. The molecule has 3 rings (SSSR count). The van der Waals surface area contributed by atoms with Crippen LogP contribution in [-0.2, 0) is 11.3 Å². The summed E-state index contributed by atoms with van der Waals surface area (Å²) in [6.07, 6.45) is -0.484. The molecule has 0 radical (unpaired) electrons. The molecule has 104 valence electrons. The van der Waals surface area contributed by atoms with E-state index in [9.17, 15) is 5.11 Å². The zero-order valence-corrected chi connectivity index (χ0v) is 11.3. The van der Waals surface area contributed by atoms with Crippen molar-refractivity contribution in [3.63, 3.8) is 0 Å². The van der Waals surface area contributed by atoms with Crippen LogP contribution in [0.4, 0.5) is 0 Å². The molecule has 3 nitrogen and oxygen atoms in total. The number of hydrogen-bond donors (Lipinski definition) is 2. The lowest BCUT2D eigenvalue weighted by Crippen LogP contribution is -2.26. The van der Waals surface area contributed by atoms with Crippen LogP contribution in [0.25, 0.3) is 11.1 Å². The lowest BCUT2D eigenvalue weighted by Gasteiger charge is -2.14. The van der Waals surface area contributed by atoms with E-state index in [2.05, 4.69) is 41.7 Å². The molecule has 0 saturated carbocycles. The van der Waals surface area contributed by atoms with Gasteiger partial charge in [-0.05, 0) is 16.7 Å². The predicted molar refractivity (Wildman–Crippen MR) is 79.3 cm³/mol. The van der Waals surface area contributed by atoms with E-state index in [-0.39, 0.29) is 6.10 Å². The summed E-state index contributed by atoms with van der Waals surface area (Å²) in [7, 11) is 0. The molecule has 0 spiro atoms. The van der Waals surface area contributed by atoms with Gasteiger partial charge in [-0.1, -0.05) is 54.6 Å². The molecule has 3 heteroatoms. The van der Waals surface area contributed by atoms with Crippen LogP contribution in [0, 0.1) is 0 Å². The van der Waals surface area contributed by atoms with Crippen LogP contribution in [0.3, 0.4) is 0 Å². The Morgan fingerprint density at radius 3 is 2.30 bits per heavy atom. The van der Waals surface area contributed by atoms with E-state index in [4.69, 9.17) is 4.74 Å². The largest absolute Gasteiger partial charge is 0.389 e. The second-order valence-corrected chi connectivity index (χ2v) is 5.14. The first-order valence-electron chi connectivity index (χ1n) is 6.98. The van der Waals surface area contributed by atoms with Crippen molar-refractivity contribution in [3.8, 4) is 11.1 Å². The number of aliphatic hydroxyl groups excluding tert-OH is 1. The van der Waals surface area contributed by atoms with Gasteiger partial charge in [-0.15, -0.1) is 0 Å². The standard InChI is InChI=1S/C17H19NO2/c19-16-10-18-11-17(16)20-12-13-6-8-15(9-7-13)14-4-2-1-3-5-14/h1-9,16-19H,10-12H2/t16-,17-/m0/s1. The molecule has 1 aliphatic rings. The van der Waals surface area contributed by atoms with E-state index < -0.39 is 6.10 Å². The SMILES string of the molecule is O[C@H]1CNC[C@@H]1OCc1ccc(-c2ccccc2)cc1. The third-order valence-electron chi connectivity index (χ3n) is 3.65. The van der Waals surface area contributed by atoms with Gasteiger partial charge < -0.3 is 15.2 Å². The van der Waals surface area contributed by atoms with Gasteiger partial charge in [0, 0.05) is 13.1 Å². The summed E-state index contributed by atoms with van der Waals surface area (Å²) >= 11 is 0. The van der Waals surface area contributed by atoms with Gasteiger partial charge in [-0.3, -0.25) is 0 Å². The van der Waals surface area contributed by atoms with E-state index in [1.54, 1.807) is 0 Å². The molecule has 1 aliphatic heterocycles. The smallest absolute Gasteiger partial charge is 0.0974 e. The molecule has 20 heavy (non-hydrogen) atoms. The van der Waals surface area contributed by atoms with Crippen LogP contribution in [0.5, 0.6) is 0 Å². The zero-order valence-electron chi connectivity index (χ0n) is 11.3. The van der Waals surface area contributed by atoms with E-state index in [0.717, 1.165) is 12.1 Å². The Kier molecular flexibility index (Phi) is 4.11. The Morgan fingerprint density at radius 2 is 1.65 bits per heavy atom. The fourth-order valence-electron chi connectivity index (χ4n) is 2.44. The van der Waals surface area contributed by atoms with E-state index in [1.807, 2.05) is 18.2 Å². The number of hydrogen-bond acceptors (Lipinski definition) is 3. The number of nitrogens with one attached hydrogen (secondary N) is 1. The maximum absolute atomic E-state index is 9.67. The molecule has 1 heterocycles. The predicted octanol–water partition coefficient (Wildman–Crippen LogP) is 2.20. The molecule has 1 saturated heterocycles. The Labute approximate surface area is 119 Å². The van der Waals surface area contributed by atoms with E-state index >= 15 is 0 Å². The van der Waals surface area contributed by atoms with Crippen LogP contribution in [-0.4, -0.2) is 30.4 Å². The maximum atomic E-state index is 9.67. The first-order valence-corrected chi connectivity index (χ1v) is 6.98. The Balaban J connectivity index is 1.62. The van der Waals surface area contributed by atoms with Crippen LogP contribution < -0.4 is 5.32 Å². The molecule has 0 aromatic heterocycles. The number of aliphatic hydroxyl groups is 1. The van der Waals surface area contributed by atoms with E-state index in [1.165, 1.54) is 11.1 Å². The van der Waals surface area contributed by atoms with Crippen LogP contribution in [0.2, 0.25) is 0 Å². The molecule has 2 N–H and O–H groups in total. The monoisotopic (exact) mass is 269 g/mol. The van der Waals surface area contributed by atoms with Crippen molar-refractivity contribution in [2.24, 2.45) is 0 Å². The van der Waals surface area contributed by atoms with Gasteiger partial charge in [0.15, 0.2) is 0 Å². The van der Waals surface area contributed by atoms with Crippen LogP contribution in [0.15, 0.2) is 54.6 Å². The Bertz CT molecular complexity index is 539. The number of β-amino-alcohol motifs (C(OH)–C–C–N with tert-alkyl or cyclic N) is 1. The maximum Gasteiger partial charge on any atom is 0.0974 e. The summed E-state index contributed by atoms with van der Waals surface area (Å²) in [6, 6.07) is 18.7. The van der Waals surface area contributed by atoms with Gasteiger partial charge in [0.1, 0.15) is 0 Å². The molecular formula is C17H19NO2. The summed E-state index contributed by atoms with van der Waals surface area (Å²) in [4.78, 5) is 0. The first kappa shape index (κ1) is 13.3. The van der Waals surface area contributed by atoms with Gasteiger partial charge in [0.25, 0.3) is 0 Å². The molecule has 2 aromatic rings. The first-order chi connectivity index (χ1) is 9.83. The summed E-state index contributed by atoms with van der Waals surface area (Å²) in [5, 5.41) is 12.8. The van der Waals surface area contributed by atoms with Gasteiger partial charge in [0.05, 0.1) is 18.8 Å². The van der Waals surface area contributed by atoms with Crippen LogP contribution >= 0.6 is 0 Å². The van der Waals surface area contributed by atoms with Crippen molar-refractivity contribution < 1.29 is 9.84 Å². The molecule has 0 amide bonds. The number of benzene rings is 2. The minimum atomic E-state index is -0.390. The Morgan fingerprint density at radius 1 is 0.950 bits per heavy atom. The highest BCUT2D eigenvalue weighted by Crippen LogP contribution is 2.20. The fraction of sp³-hybridized carbons (Fsp3) is 0.294. The molecule has 2 aromatic carbocycles. The van der Waals surface area contributed by atoms with Crippen molar-refractivity contribution in [1.82, 2.24) is 5.32 Å². The summed E-state index contributed by atoms with van der Waals surface area (Å²) in [5.74, 6) is 0. The minimum Gasteiger partial charge on any atom is -0.389 e. The minimum absolute atomic E-state index is 0.0937. The number of ether oxygens (including phenoxy) is 1. The van der Waals surface area contributed by atoms with Crippen molar-refractivity contribution in [3.05, 3.63) is 60.2 Å². The zero-order chi connectivity index (χ0) is 13.8. The highest BCUT2D eigenvalue weighted by Gasteiger charge is 2.25. The van der Waals surface area contributed by atoms with Gasteiger partial charge in [0.2, 0.25) is 0 Å². The summed E-state index contributed by atoms with van der Waals surface area (Å²) < 4.78 is 5.73. The van der Waals surface area contributed by atoms with Gasteiger partial charge >= 0.3 is 0 Å². The second kappa shape index (κ2) is 6.18. The highest BCUT2D eigenvalue weighted by atomic mass is 16.5. The molecule has 2 atom stereocenters. The van der Waals surface area contributed by atoms with E-state index in [0.29, 0.717) is 13.2 Å². The van der Waals surface area contributed by atoms with Gasteiger partial charge in [-0.2, -0.15) is 0 Å². The second-order valence-electron chi connectivity index (χ2n) is 5.14. The van der Waals surface area contributed by atoms with Gasteiger partial charge in [-0.25, -0.2) is 0 Å². The number of rotatable bonds is 4. The molecular weight excluding hydrogens is 250 g/mol. The van der Waals surface area contributed by atoms with Crippen molar-refractivity contribution in [1.29, 1.82) is 0 Å². The lowest BCUT2D eigenvalue weighted by molar-refractivity contribution is -0.0169. The quantitative estimate of drug-likeness (QED) is 0.894. The molecule has 1 fully saturated rings. The lowest BCUT2D eigenvalue weighted by atomic mass is 10.0. The average molecular weight is 269 g/mol. The third-order valence-corrected chi connectivity index (χ3v) is 3.65. The fourth-order valence-corrected chi connectivity index (χ4v) is 2.44. The summed E-state index contributed by atoms with van der Waals surface area (Å²) in [5.41, 5.74) is 3.55. The van der Waals surface area contributed by atoms with Crippen molar-refractivity contribution >= 4 is 0 Å². The van der Waals surface area contributed by atoms with Crippen LogP contribution in [0.1, 0.15) is 5.56 Å². The third kappa shape index (κ3) is 3.07. The molecule has 0 aliphatic carbocycles. The van der Waals surface area contributed by atoms with Crippen molar-refractivity contribution in [2.45, 2.75) is 18.8 Å². The molecule has 0 bridgehead atoms. The summed E-state index contributed by atoms with van der Waals surface area (Å²) in [6.45, 7) is 1.89. The van der Waals surface area contributed by atoms with Crippen molar-refractivity contribution in [2.75, 3.05) is 13.1 Å². The normalized spacial score (nSPS) is 22.1. The highest BCUT2D eigenvalue weighted by molar-refractivity contribution is 5.63. The average Bonchev–Trinajstić information content (AvgIpc) is 2.92.